The molecule has 2 nitrogen and oxygen atoms in total. The Hall–Kier alpha value is -0.0900. The lowest BCUT2D eigenvalue weighted by atomic mass is 10.0. The molecule has 1 N–H and O–H groups in total. The maximum absolute atomic E-state index is 6.08. The average molecular weight is 358 g/mol. The molecule has 3 rings (SSSR count). The van der Waals surface area contributed by atoms with Crippen LogP contribution in [0.25, 0.3) is 0 Å². The number of benzene rings is 1. The second-order valence-corrected chi connectivity index (χ2v) is 7.32. The summed E-state index contributed by atoms with van der Waals surface area (Å²) in [6.45, 7) is 3.42. The third-order valence-electron chi connectivity index (χ3n) is 4.30. The number of hydrogen-bond acceptors (Lipinski definition) is 2. The third kappa shape index (κ3) is 3.97. The van der Waals surface area contributed by atoms with E-state index in [9.17, 15) is 0 Å². The van der Waals surface area contributed by atoms with E-state index in [0.717, 1.165) is 22.1 Å². The van der Waals surface area contributed by atoms with Gasteiger partial charge in [-0.3, -0.25) is 4.90 Å². The van der Waals surface area contributed by atoms with Crippen molar-refractivity contribution in [2.75, 3.05) is 13.1 Å². The van der Waals surface area contributed by atoms with E-state index in [2.05, 4.69) is 38.3 Å². The minimum atomic E-state index is 0.681. The van der Waals surface area contributed by atoms with Crippen molar-refractivity contribution >= 4 is 27.5 Å². The third-order valence-corrected chi connectivity index (χ3v) is 5.51. The zero-order valence-corrected chi connectivity index (χ0v) is 14.1. The predicted molar refractivity (Wildman–Crippen MR) is 88.2 cm³/mol. The second kappa shape index (κ2) is 6.78. The molecule has 0 spiro atoms. The Morgan fingerprint density at radius 2 is 2.10 bits per heavy atom. The van der Waals surface area contributed by atoms with Gasteiger partial charge in [0.1, 0.15) is 0 Å². The lowest BCUT2D eigenvalue weighted by Gasteiger charge is -2.30. The maximum atomic E-state index is 6.08. The monoisotopic (exact) mass is 356 g/mol. The van der Waals surface area contributed by atoms with Crippen LogP contribution in [0, 0.1) is 0 Å². The van der Waals surface area contributed by atoms with Crippen LogP contribution in [0.2, 0.25) is 5.02 Å². The summed E-state index contributed by atoms with van der Waals surface area (Å²) in [5, 5.41) is 4.46. The minimum Gasteiger partial charge on any atom is -0.313 e. The van der Waals surface area contributed by atoms with E-state index in [1.54, 1.807) is 0 Å². The highest BCUT2D eigenvalue weighted by atomic mass is 79.9. The van der Waals surface area contributed by atoms with Crippen LogP contribution >= 0.6 is 27.5 Å². The average Bonchev–Trinajstić information content (AvgIpc) is 3.28. The Balaban J connectivity index is 1.62. The van der Waals surface area contributed by atoms with Crippen LogP contribution in [0.3, 0.4) is 0 Å². The van der Waals surface area contributed by atoms with Crippen molar-refractivity contribution in [3.05, 3.63) is 33.3 Å². The van der Waals surface area contributed by atoms with Gasteiger partial charge in [-0.1, -0.05) is 24.1 Å². The molecule has 2 aliphatic rings. The molecule has 0 amide bonds. The van der Waals surface area contributed by atoms with Crippen LogP contribution in [-0.4, -0.2) is 30.1 Å². The molecule has 1 saturated heterocycles. The van der Waals surface area contributed by atoms with E-state index >= 15 is 0 Å². The first-order valence-electron chi connectivity index (χ1n) is 7.64. The molecular weight excluding hydrogens is 336 g/mol. The normalized spacial score (nSPS) is 23.2. The van der Waals surface area contributed by atoms with Gasteiger partial charge in [0.15, 0.2) is 0 Å². The lowest BCUT2D eigenvalue weighted by molar-refractivity contribution is 0.208. The molecule has 1 aromatic carbocycles. The van der Waals surface area contributed by atoms with E-state index < -0.39 is 0 Å². The Labute approximate surface area is 135 Å². The summed E-state index contributed by atoms with van der Waals surface area (Å²) in [6.07, 6.45) is 6.77. The van der Waals surface area contributed by atoms with E-state index in [-0.39, 0.29) is 0 Å². The largest absolute Gasteiger partial charge is 0.313 e. The van der Waals surface area contributed by atoms with E-state index in [4.69, 9.17) is 11.6 Å². The number of halogens is 2. The first-order chi connectivity index (χ1) is 9.72. The lowest BCUT2D eigenvalue weighted by Crippen LogP contribution is -2.44. The van der Waals surface area contributed by atoms with Crippen LogP contribution in [0.4, 0.5) is 0 Å². The van der Waals surface area contributed by atoms with Crippen LogP contribution in [0.1, 0.15) is 37.7 Å². The quantitative estimate of drug-likeness (QED) is 0.849. The fourth-order valence-corrected chi connectivity index (χ4v) is 3.56. The summed E-state index contributed by atoms with van der Waals surface area (Å²) in [4.78, 5) is 2.65. The molecule has 1 heterocycles. The summed E-state index contributed by atoms with van der Waals surface area (Å²) in [5.74, 6) is 0. The molecule has 1 unspecified atom stereocenters. The van der Waals surface area contributed by atoms with E-state index in [1.165, 1.54) is 50.8 Å². The van der Waals surface area contributed by atoms with Crippen LogP contribution in [0.5, 0.6) is 0 Å². The summed E-state index contributed by atoms with van der Waals surface area (Å²) >= 11 is 9.60. The van der Waals surface area contributed by atoms with Crippen molar-refractivity contribution < 1.29 is 0 Å². The van der Waals surface area contributed by atoms with Crippen molar-refractivity contribution in [2.24, 2.45) is 0 Å². The van der Waals surface area contributed by atoms with Gasteiger partial charge in [-0.25, -0.2) is 0 Å². The van der Waals surface area contributed by atoms with Crippen molar-refractivity contribution in [2.45, 2.75) is 50.7 Å². The highest BCUT2D eigenvalue weighted by Gasteiger charge is 2.30. The van der Waals surface area contributed by atoms with Gasteiger partial charge < -0.3 is 5.32 Å². The predicted octanol–water partition coefficient (Wildman–Crippen LogP) is 4.21. The van der Waals surface area contributed by atoms with Gasteiger partial charge in [-0.15, -0.1) is 0 Å². The highest BCUT2D eigenvalue weighted by Crippen LogP contribution is 2.30. The van der Waals surface area contributed by atoms with Gasteiger partial charge in [-0.2, -0.15) is 0 Å². The fourth-order valence-electron chi connectivity index (χ4n) is 3.02. The molecule has 4 heteroatoms. The van der Waals surface area contributed by atoms with E-state index in [1.807, 2.05) is 6.07 Å². The van der Waals surface area contributed by atoms with Crippen molar-refractivity contribution in [1.29, 1.82) is 0 Å². The summed E-state index contributed by atoms with van der Waals surface area (Å²) < 4.78 is 1.00. The van der Waals surface area contributed by atoms with Gasteiger partial charge in [0.25, 0.3) is 0 Å². The van der Waals surface area contributed by atoms with Crippen LogP contribution in [0.15, 0.2) is 22.7 Å². The SMILES string of the molecule is Clc1ccc(CN(CC2CCCCN2)C2CC2)cc1Br. The number of piperidine rings is 1. The molecule has 1 aliphatic heterocycles. The topological polar surface area (TPSA) is 15.3 Å². The fraction of sp³-hybridized carbons (Fsp3) is 0.625. The van der Waals surface area contributed by atoms with Gasteiger partial charge in [0, 0.05) is 29.6 Å². The van der Waals surface area contributed by atoms with Crippen molar-refractivity contribution in [3.8, 4) is 0 Å². The van der Waals surface area contributed by atoms with Gasteiger partial charge in [0.2, 0.25) is 0 Å². The Morgan fingerprint density at radius 1 is 1.25 bits per heavy atom. The van der Waals surface area contributed by atoms with Crippen molar-refractivity contribution in [1.82, 2.24) is 10.2 Å². The number of rotatable bonds is 5. The summed E-state index contributed by atoms with van der Waals surface area (Å²) in [5.41, 5.74) is 1.35. The van der Waals surface area contributed by atoms with Gasteiger partial charge >= 0.3 is 0 Å². The Morgan fingerprint density at radius 3 is 2.75 bits per heavy atom. The zero-order valence-electron chi connectivity index (χ0n) is 11.7. The number of hydrogen-bond donors (Lipinski definition) is 1. The first kappa shape index (κ1) is 14.8. The molecule has 2 fully saturated rings. The second-order valence-electron chi connectivity index (χ2n) is 6.06. The molecule has 20 heavy (non-hydrogen) atoms. The van der Waals surface area contributed by atoms with Gasteiger partial charge in [0.05, 0.1) is 5.02 Å². The van der Waals surface area contributed by atoms with Crippen LogP contribution < -0.4 is 5.32 Å². The smallest absolute Gasteiger partial charge is 0.0548 e. The van der Waals surface area contributed by atoms with Crippen molar-refractivity contribution in [3.63, 3.8) is 0 Å². The highest BCUT2D eigenvalue weighted by molar-refractivity contribution is 9.10. The zero-order chi connectivity index (χ0) is 13.9. The molecule has 0 radical (unpaired) electrons. The molecule has 1 aliphatic carbocycles. The number of nitrogens with zero attached hydrogens (tertiary/aromatic N) is 1. The molecule has 1 atom stereocenters. The Bertz CT molecular complexity index is 456. The molecule has 0 aromatic heterocycles. The molecule has 110 valence electrons. The number of nitrogens with one attached hydrogen (secondary N) is 1. The first-order valence-corrected chi connectivity index (χ1v) is 8.81. The van der Waals surface area contributed by atoms with E-state index in [0.29, 0.717) is 6.04 Å². The molecular formula is C16H22BrClN2. The standard InChI is InChI=1S/C16H22BrClN2/c17-15-9-12(4-7-16(15)18)10-20(14-5-6-14)11-13-3-1-2-8-19-13/h4,7,9,13-14,19H,1-3,5-6,8,10-11H2. The summed E-state index contributed by atoms with van der Waals surface area (Å²) in [6, 6.07) is 7.78. The molecule has 1 aromatic rings. The molecule has 1 saturated carbocycles. The van der Waals surface area contributed by atoms with Gasteiger partial charge in [-0.05, 0) is 65.9 Å². The van der Waals surface area contributed by atoms with Crippen LogP contribution in [-0.2, 0) is 6.54 Å². The summed E-state index contributed by atoms with van der Waals surface area (Å²) in [7, 11) is 0. The Kier molecular flexibility index (Phi) is 5.03. The minimum absolute atomic E-state index is 0.681. The molecule has 0 bridgehead atoms. The maximum Gasteiger partial charge on any atom is 0.0548 e.